The van der Waals surface area contributed by atoms with Crippen LogP contribution in [-0.4, -0.2) is 24.3 Å². The van der Waals surface area contributed by atoms with Gasteiger partial charge in [-0.2, -0.15) is 0 Å². The minimum Gasteiger partial charge on any atom is -0.481 e. The number of nitrogens with zero attached hydrogens (tertiary/aromatic N) is 1. The minimum atomic E-state index is -0.353. The Hall–Kier alpha value is -3.15. The van der Waals surface area contributed by atoms with Crippen molar-refractivity contribution in [2.75, 3.05) is 16.8 Å². The van der Waals surface area contributed by atoms with Crippen LogP contribution in [0.4, 0.5) is 11.4 Å². The molecule has 6 nitrogen and oxygen atoms in total. The smallest absolute Gasteiger partial charge is 0.266 e. The SMILES string of the molecule is Cc1c(C)c(N2C(=O)c3ccccc3C2=O)c(C)c2c1OCC(=O)N2. The molecule has 3 amide bonds. The summed E-state index contributed by atoms with van der Waals surface area (Å²) in [5.41, 5.74) is 4.03. The highest BCUT2D eigenvalue weighted by molar-refractivity contribution is 6.35. The molecular formula is C19H16N2O4. The fourth-order valence-corrected chi connectivity index (χ4v) is 3.48. The summed E-state index contributed by atoms with van der Waals surface area (Å²) in [6, 6.07) is 6.77. The first kappa shape index (κ1) is 15.4. The molecule has 4 rings (SSSR count). The lowest BCUT2D eigenvalue weighted by molar-refractivity contribution is -0.118. The highest BCUT2D eigenvalue weighted by Gasteiger charge is 2.39. The van der Waals surface area contributed by atoms with Crippen LogP contribution in [0.25, 0.3) is 0 Å². The molecule has 0 radical (unpaired) electrons. The molecule has 0 unspecified atom stereocenters. The second-order valence-corrected chi connectivity index (χ2v) is 6.26. The fourth-order valence-electron chi connectivity index (χ4n) is 3.48. The van der Waals surface area contributed by atoms with E-state index in [0.29, 0.717) is 33.8 Å². The molecule has 0 atom stereocenters. The molecule has 2 aliphatic heterocycles. The number of benzene rings is 2. The van der Waals surface area contributed by atoms with E-state index in [0.717, 1.165) is 11.1 Å². The monoisotopic (exact) mass is 336 g/mol. The Morgan fingerprint density at radius 3 is 2.12 bits per heavy atom. The molecular weight excluding hydrogens is 320 g/mol. The normalized spacial score (nSPS) is 15.6. The third-order valence-corrected chi connectivity index (χ3v) is 4.85. The number of rotatable bonds is 1. The van der Waals surface area contributed by atoms with E-state index in [1.54, 1.807) is 31.2 Å². The van der Waals surface area contributed by atoms with Crippen LogP contribution < -0.4 is 15.0 Å². The molecule has 126 valence electrons. The molecule has 2 heterocycles. The number of hydrogen-bond donors (Lipinski definition) is 1. The van der Waals surface area contributed by atoms with E-state index in [9.17, 15) is 14.4 Å². The highest BCUT2D eigenvalue weighted by atomic mass is 16.5. The number of hydrogen-bond acceptors (Lipinski definition) is 4. The summed E-state index contributed by atoms with van der Waals surface area (Å²) >= 11 is 0. The third kappa shape index (κ3) is 2.00. The Labute approximate surface area is 144 Å². The Bertz CT molecular complexity index is 943. The summed E-state index contributed by atoms with van der Waals surface area (Å²) in [5, 5.41) is 2.80. The van der Waals surface area contributed by atoms with E-state index in [4.69, 9.17) is 4.74 Å². The van der Waals surface area contributed by atoms with Gasteiger partial charge in [0.1, 0.15) is 5.75 Å². The lowest BCUT2D eigenvalue weighted by Gasteiger charge is -2.28. The van der Waals surface area contributed by atoms with Crippen LogP contribution in [0.1, 0.15) is 37.4 Å². The van der Waals surface area contributed by atoms with Crippen molar-refractivity contribution in [3.8, 4) is 5.75 Å². The summed E-state index contributed by atoms with van der Waals surface area (Å²) in [5.74, 6) is -0.370. The molecule has 0 aliphatic carbocycles. The molecule has 2 aromatic carbocycles. The van der Waals surface area contributed by atoms with Crippen LogP contribution in [0, 0.1) is 20.8 Å². The molecule has 0 fully saturated rings. The zero-order valence-electron chi connectivity index (χ0n) is 14.1. The van der Waals surface area contributed by atoms with Gasteiger partial charge >= 0.3 is 0 Å². The summed E-state index contributed by atoms with van der Waals surface area (Å²) in [4.78, 5) is 38.6. The Morgan fingerprint density at radius 1 is 0.920 bits per heavy atom. The first-order chi connectivity index (χ1) is 11.9. The van der Waals surface area contributed by atoms with Crippen molar-refractivity contribution < 1.29 is 19.1 Å². The average molecular weight is 336 g/mol. The number of fused-ring (bicyclic) bond motifs is 2. The van der Waals surface area contributed by atoms with Crippen molar-refractivity contribution in [2.45, 2.75) is 20.8 Å². The van der Waals surface area contributed by atoms with Gasteiger partial charge in [0.05, 0.1) is 22.5 Å². The zero-order chi connectivity index (χ0) is 17.9. The van der Waals surface area contributed by atoms with E-state index in [1.165, 1.54) is 4.90 Å². The minimum absolute atomic E-state index is 0.0426. The van der Waals surface area contributed by atoms with Gasteiger partial charge in [-0.15, -0.1) is 0 Å². The largest absolute Gasteiger partial charge is 0.481 e. The Kier molecular flexibility index (Phi) is 3.18. The molecule has 1 N–H and O–H groups in total. The maximum absolute atomic E-state index is 12.8. The quantitative estimate of drug-likeness (QED) is 0.813. The number of imide groups is 1. The summed E-state index contributed by atoms with van der Waals surface area (Å²) in [7, 11) is 0. The second-order valence-electron chi connectivity index (χ2n) is 6.26. The molecule has 0 saturated heterocycles. The summed E-state index contributed by atoms with van der Waals surface area (Å²) in [6.07, 6.45) is 0. The van der Waals surface area contributed by atoms with E-state index in [2.05, 4.69) is 5.32 Å². The molecule has 0 aromatic heterocycles. The van der Waals surface area contributed by atoms with Gasteiger partial charge in [0.15, 0.2) is 6.61 Å². The number of amides is 3. The van der Waals surface area contributed by atoms with Crippen LogP contribution in [0.3, 0.4) is 0 Å². The van der Waals surface area contributed by atoms with Crippen molar-refractivity contribution in [3.05, 3.63) is 52.1 Å². The topological polar surface area (TPSA) is 75.7 Å². The maximum Gasteiger partial charge on any atom is 0.266 e. The lowest BCUT2D eigenvalue weighted by atomic mass is 9.98. The second kappa shape index (κ2) is 5.17. The van der Waals surface area contributed by atoms with Crippen molar-refractivity contribution in [3.63, 3.8) is 0 Å². The van der Waals surface area contributed by atoms with Gasteiger partial charge in [-0.1, -0.05) is 12.1 Å². The van der Waals surface area contributed by atoms with E-state index in [1.807, 2.05) is 13.8 Å². The molecule has 2 aliphatic rings. The summed E-state index contributed by atoms with van der Waals surface area (Å²) in [6.45, 7) is 5.44. The van der Waals surface area contributed by atoms with Gasteiger partial charge in [-0.25, -0.2) is 4.90 Å². The molecule has 6 heteroatoms. The number of nitrogens with one attached hydrogen (secondary N) is 1. The predicted octanol–water partition coefficient (Wildman–Crippen LogP) is 2.74. The van der Waals surface area contributed by atoms with Crippen LogP contribution in [0.2, 0.25) is 0 Å². The molecule has 0 spiro atoms. The number of carbonyl (C=O) groups is 3. The molecule has 0 bridgehead atoms. The summed E-state index contributed by atoms with van der Waals surface area (Å²) < 4.78 is 5.56. The van der Waals surface area contributed by atoms with Gasteiger partial charge in [0, 0.05) is 5.56 Å². The van der Waals surface area contributed by atoms with Gasteiger partial charge in [0.25, 0.3) is 17.7 Å². The molecule has 0 saturated carbocycles. The third-order valence-electron chi connectivity index (χ3n) is 4.85. The standard InChI is InChI=1S/C19H16N2O4/c1-9-10(2)17-15(20-14(22)8-25-17)11(3)16(9)21-18(23)12-6-4-5-7-13(12)19(21)24/h4-7H,8H2,1-3H3,(H,20,22). The van der Waals surface area contributed by atoms with Crippen LogP contribution in [-0.2, 0) is 4.79 Å². The van der Waals surface area contributed by atoms with E-state index >= 15 is 0 Å². The molecule has 2 aromatic rings. The zero-order valence-corrected chi connectivity index (χ0v) is 14.1. The van der Waals surface area contributed by atoms with Gasteiger partial charge in [-0.05, 0) is 44.0 Å². The number of ether oxygens (including phenoxy) is 1. The van der Waals surface area contributed by atoms with Crippen molar-refractivity contribution in [1.29, 1.82) is 0 Å². The maximum atomic E-state index is 12.8. The molecule has 25 heavy (non-hydrogen) atoms. The van der Waals surface area contributed by atoms with Crippen molar-refractivity contribution >= 4 is 29.1 Å². The first-order valence-corrected chi connectivity index (χ1v) is 7.96. The highest BCUT2D eigenvalue weighted by Crippen LogP contribution is 2.44. The Morgan fingerprint density at radius 2 is 1.52 bits per heavy atom. The van der Waals surface area contributed by atoms with Gasteiger partial charge in [0.2, 0.25) is 0 Å². The van der Waals surface area contributed by atoms with Gasteiger partial charge in [-0.3, -0.25) is 14.4 Å². The van der Waals surface area contributed by atoms with Crippen molar-refractivity contribution in [2.24, 2.45) is 0 Å². The van der Waals surface area contributed by atoms with Crippen LogP contribution in [0.15, 0.2) is 24.3 Å². The lowest BCUT2D eigenvalue weighted by Crippen LogP contribution is -2.33. The van der Waals surface area contributed by atoms with E-state index < -0.39 is 0 Å². The number of anilines is 2. The predicted molar refractivity (Wildman–Crippen MR) is 92.4 cm³/mol. The van der Waals surface area contributed by atoms with Gasteiger partial charge < -0.3 is 10.1 Å². The first-order valence-electron chi connectivity index (χ1n) is 7.96. The Balaban J connectivity index is 1.95. The van der Waals surface area contributed by atoms with Crippen LogP contribution >= 0.6 is 0 Å². The average Bonchev–Trinajstić information content (AvgIpc) is 2.85. The van der Waals surface area contributed by atoms with Crippen molar-refractivity contribution in [1.82, 2.24) is 0 Å². The van der Waals surface area contributed by atoms with Crippen LogP contribution in [0.5, 0.6) is 5.75 Å². The number of carbonyl (C=O) groups excluding carboxylic acids is 3. The fraction of sp³-hybridized carbons (Fsp3) is 0.211. The van der Waals surface area contributed by atoms with E-state index in [-0.39, 0.29) is 24.3 Å².